The van der Waals surface area contributed by atoms with E-state index in [2.05, 4.69) is 44.5 Å². The van der Waals surface area contributed by atoms with E-state index in [9.17, 15) is 0 Å². The fourth-order valence-electron chi connectivity index (χ4n) is 3.92. The summed E-state index contributed by atoms with van der Waals surface area (Å²) < 4.78 is 1.38. The monoisotopic (exact) mass is 362 g/mol. The first-order valence-corrected chi connectivity index (χ1v) is 10.3. The highest BCUT2D eigenvalue weighted by Crippen LogP contribution is 2.28. The lowest BCUT2D eigenvalue weighted by molar-refractivity contribution is 0.244. The molecule has 5 heteroatoms. The summed E-state index contributed by atoms with van der Waals surface area (Å²) in [6.45, 7) is 3.92. The fraction of sp³-hybridized carbons (Fsp3) is 0.381. The Labute approximate surface area is 157 Å². The molecule has 0 amide bonds. The van der Waals surface area contributed by atoms with Crippen molar-refractivity contribution in [3.05, 3.63) is 58.5 Å². The molecule has 0 aliphatic carbocycles. The van der Waals surface area contributed by atoms with E-state index in [4.69, 9.17) is 4.98 Å². The minimum atomic E-state index is 0.862. The predicted octanol–water partition coefficient (Wildman–Crippen LogP) is 4.22. The average molecular weight is 363 g/mol. The van der Waals surface area contributed by atoms with Crippen molar-refractivity contribution in [3.63, 3.8) is 0 Å². The van der Waals surface area contributed by atoms with E-state index < -0.39 is 0 Å². The molecule has 0 spiro atoms. The van der Waals surface area contributed by atoms with Crippen molar-refractivity contribution in [2.75, 3.05) is 13.1 Å². The van der Waals surface area contributed by atoms with Gasteiger partial charge in [-0.25, -0.2) is 9.97 Å². The number of hydrogen-bond acceptors (Lipinski definition) is 5. The first-order chi connectivity index (χ1) is 12.9. The van der Waals surface area contributed by atoms with E-state index in [0.29, 0.717) is 0 Å². The molecule has 1 aromatic carbocycles. The zero-order chi connectivity index (χ0) is 17.3. The molecule has 132 valence electrons. The van der Waals surface area contributed by atoms with Gasteiger partial charge in [0.25, 0.3) is 0 Å². The third-order valence-electron chi connectivity index (χ3n) is 5.35. The number of hydrogen-bond donors (Lipinski definition) is 0. The maximum absolute atomic E-state index is 4.85. The second kappa shape index (κ2) is 6.89. The number of nitrogens with zero attached hydrogens (tertiary/aromatic N) is 4. The van der Waals surface area contributed by atoms with Crippen LogP contribution in [0.3, 0.4) is 0 Å². The highest BCUT2D eigenvalue weighted by atomic mass is 32.1. The van der Waals surface area contributed by atoms with Gasteiger partial charge in [0.15, 0.2) is 5.82 Å². The fourth-order valence-corrected chi connectivity index (χ4v) is 4.88. The van der Waals surface area contributed by atoms with Crippen LogP contribution in [0.2, 0.25) is 0 Å². The smallest absolute Gasteiger partial charge is 0.173 e. The van der Waals surface area contributed by atoms with Gasteiger partial charge in [-0.3, -0.25) is 9.89 Å². The summed E-state index contributed by atoms with van der Waals surface area (Å²) in [4.78, 5) is 16.6. The summed E-state index contributed by atoms with van der Waals surface area (Å²) >= 11 is 1.84. The number of benzene rings is 1. The summed E-state index contributed by atoms with van der Waals surface area (Å²) in [5.74, 6) is 0.862. The molecule has 0 N–H and O–H groups in total. The summed E-state index contributed by atoms with van der Waals surface area (Å²) in [6.07, 6.45) is 6.46. The number of rotatable bonds is 3. The van der Waals surface area contributed by atoms with E-state index in [1.54, 1.807) is 0 Å². The molecule has 0 radical (unpaired) electrons. The quantitative estimate of drug-likeness (QED) is 0.700. The highest BCUT2D eigenvalue weighted by Gasteiger charge is 2.21. The van der Waals surface area contributed by atoms with Gasteiger partial charge in [-0.2, -0.15) is 0 Å². The zero-order valence-electron chi connectivity index (χ0n) is 14.8. The maximum atomic E-state index is 4.85. The van der Waals surface area contributed by atoms with Crippen LogP contribution in [0.15, 0.2) is 40.8 Å². The maximum Gasteiger partial charge on any atom is 0.173 e. The van der Waals surface area contributed by atoms with Crippen LogP contribution in [0, 0.1) is 0 Å². The predicted molar refractivity (Wildman–Crippen MR) is 107 cm³/mol. The van der Waals surface area contributed by atoms with Gasteiger partial charge in [-0.15, -0.1) is 11.3 Å². The highest BCUT2D eigenvalue weighted by molar-refractivity contribution is 7.17. The minimum Gasteiger partial charge on any atom is -0.294 e. The topological polar surface area (TPSA) is 41.4 Å². The minimum absolute atomic E-state index is 0.862. The van der Waals surface area contributed by atoms with E-state index in [1.165, 1.54) is 39.7 Å². The number of aliphatic imine (C=N–C) groups is 1. The van der Waals surface area contributed by atoms with Crippen LogP contribution in [-0.4, -0.2) is 33.7 Å². The van der Waals surface area contributed by atoms with Gasteiger partial charge >= 0.3 is 0 Å². The van der Waals surface area contributed by atoms with Crippen LogP contribution in [0.1, 0.15) is 41.9 Å². The van der Waals surface area contributed by atoms with Crippen molar-refractivity contribution >= 4 is 27.1 Å². The molecule has 3 aromatic rings. The number of aromatic nitrogens is 2. The van der Waals surface area contributed by atoms with Crippen molar-refractivity contribution in [2.45, 2.75) is 38.8 Å². The van der Waals surface area contributed by atoms with E-state index in [-0.39, 0.29) is 0 Å². The van der Waals surface area contributed by atoms with Gasteiger partial charge < -0.3 is 0 Å². The second-order valence-corrected chi connectivity index (χ2v) is 8.08. The van der Waals surface area contributed by atoms with Gasteiger partial charge in [0.2, 0.25) is 0 Å². The van der Waals surface area contributed by atoms with Crippen LogP contribution in [0.5, 0.6) is 0 Å². The third kappa shape index (κ3) is 3.06. The molecule has 4 nitrogen and oxygen atoms in total. The Morgan fingerprint density at radius 1 is 1.12 bits per heavy atom. The van der Waals surface area contributed by atoms with Gasteiger partial charge in [0.1, 0.15) is 0 Å². The Balaban J connectivity index is 1.34. The molecule has 2 aliphatic rings. The Kier molecular flexibility index (Phi) is 4.27. The van der Waals surface area contributed by atoms with Crippen LogP contribution in [0.4, 0.5) is 0 Å². The van der Waals surface area contributed by atoms with Crippen molar-refractivity contribution in [2.24, 2.45) is 4.99 Å². The van der Waals surface area contributed by atoms with E-state index in [0.717, 1.165) is 50.6 Å². The lowest BCUT2D eigenvalue weighted by atomic mass is 10.0. The molecular formula is C21H22N4S. The first-order valence-electron chi connectivity index (χ1n) is 9.43. The lowest BCUT2D eigenvalue weighted by Crippen LogP contribution is -2.31. The molecule has 0 fully saturated rings. The van der Waals surface area contributed by atoms with E-state index in [1.807, 2.05) is 17.5 Å². The van der Waals surface area contributed by atoms with E-state index >= 15 is 0 Å². The summed E-state index contributed by atoms with van der Waals surface area (Å²) in [5, 5.41) is 3.70. The summed E-state index contributed by atoms with van der Waals surface area (Å²) in [5.41, 5.74) is 5.03. The number of thiophene rings is 1. The van der Waals surface area contributed by atoms with Crippen molar-refractivity contribution < 1.29 is 0 Å². The van der Waals surface area contributed by atoms with Crippen molar-refractivity contribution in [1.82, 2.24) is 14.9 Å². The normalized spacial score (nSPS) is 17.9. The van der Waals surface area contributed by atoms with Crippen LogP contribution in [0.25, 0.3) is 10.1 Å². The van der Waals surface area contributed by atoms with Crippen molar-refractivity contribution in [1.29, 1.82) is 0 Å². The summed E-state index contributed by atoms with van der Waals surface area (Å²) in [7, 11) is 0. The zero-order valence-corrected chi connectivity index (χ0v) is 15.6. The molecule has 5 rings (SSSR count). The second-order valence-electron chi connectivity index (χ2n) is 7.17. The molecule has 0 bridgehead atoms. The standard InChI is InChI=1S/C21H22N4S/c1-2-7-20-17(5-1)16(14-26-20)13-25-10-8-18-15(12-25)11-23-21(24-18)19-6-3-4-9-22-19/h1-2,5,7,11,14H,3-4,6,8-10,12-13H2. The molecule has 4 heterocycles. The Bertz CT molecular complexity index is 975. The molecule has 26 heavy (non-hydrogen) atoms. The molecule has 2 aromatic heterocycles. The van der Waals surface area contributed by atoms with Gasteiger partial charge in [-0.05, 0) is 41.7 Å². The SMILES string of the molecule is c1ccc2c(CN3CCc4nc(C5=NCCCC5)ncc4C3)csc2c1. The molecule has 0 saturated carbocycles. The van der Waals surface area contributed by atoms with Crippen LogP contribution in [-0.2, 0) is 19.5 Å². The molecular weight excluding hydrogens is 340 g/mol. The average Bonchev–Trinajstić information content (AvgIpc) is 3.11. The Hall–Kier alpha value is -2.11. The molecule has 2 aliphatic heterocycles. The Morgan fingerprint density at radius 3 is 3.00 bits per heavy atom. The summed E-state index contributed by atoms with van der Waals surface area (Å²) in [6, 6.07) is 8.69. The largest absolute Gasteiger partial charge is 0.294 e. The van der Waals surface area contributed by atoms with Gasteiger partial charge in [-0.1, -0.05) is 18.2 Å². The number of fused-ring (bicyclic) bond motifs is 2. The van der Waals surface area contributed by atoms with Crippen molar-refractivity contribution in [3.8, 4) is 0 Å². The lowest BCUT2D eigenvalue weighted by Gasteiger charge is -2.28. The van der Waals surface area contributed by atoms with Crippen LogP contribution < -0.4 is 0 Å². The van der Waals surface area contributed by atoms with Crippen LogP contribution >= 0.6 is 11.3 Å². The third-order valence-corrected chi connectivity index (χ3v) is 6.36. The van der Waals surface area contributed by atoms with Gasteiger partial charge in [0.05, 0.1) is 11.4 Å². The molecule has 0 saturated heterocycles. The molecule has 0 unspecified atom stereocenters. The van der Waals surface area contributed by atoms with Gasteiger partial charge in [0, 0.05) is 49.1 Å². The first kappa shape index (κ1) is 16.1. The Morgan fingerprint density at radius 2 is 2.08 bits per heavy atom. The molecule has 0 atom stereocenters.